The van der Waals surface area contributed by atoms with Crippen LogP contribution in [-0.4, -0.2) is 17.4 Å². The van der Waals surface area contributed by atoms with Crippen LogP contribution in [0.15, 0.2) is 41.2 Å². The molecule has 0 aliphatic rings. The number of carbonyl (C=O) groups is 1. The van der Waals surface area contributed by atoms with Gasteiger partial charge >= 0.3 is 0 Å². The molecular weight excluding hydrogens is 270 g/mol. The summed E-state index contributed by atoms with van der Waals surface area (Å²) >= 11 is 1.53. The second-order valence-electron chi connectivity index (χ2n) is 4.39. The van der Waals surface area contributed by atoms with Gasteiger partial charge in [0, 0.05) is 18.3 Å². The molecule has 1 atom stereocenters. The van der Waals surface area contributed by atoms with Crippen molar-refractivity contribution in [2.75, 3.05) is 6.54 Å². The molecule has 0 spiro atoms. The van der Waals surface area contributed by atoms with Gasteiger partial charge in [0.15, 0.2) is 0 Å². The molecule has 1 unspecified atom stereocenters. The lowest BCUT2D eigenvalue weighted by Gasteiger charge is -2.09. The number of nitrogens with one attached hydrogen (secondary N) is 1. The molecule has 2 rings (SSSR count). The molecule has 102 valence electrons. The first kappa shape index (κ1) is 14.2. The van der Waals surface area contributed by atoms with Gasteiger partial charge in [0.2, 0.25) is 5.91 Å². The maximum absolute atomic E-state index is 12.0. The second-order valence-corrected chi connectivity index (χ2v) is 5.11. The van der Waals surface area contributed by atoms with Gasteiger partial charge in [-0.2, -0.15) is 5.26 Å². The number of amides is 1. The van der Waals surface area contributed by atoms with E-state index in [-0.39, 0.29) is 5.91 Å². The zero-order valence-electron chi connectivity index (χ0n) is 11.0. The van der Waals surface area contributed by atoms with E-state index in [2.05, 4.69) is 16.4 Å². The van der Waals surface area contributed by atoms with Crippen LogP contribution in [0.3, 0.4) is 0 Å². The summed E-state index contributed by atoms with van der Waals surface area (Å²) in [5, 5.41) is 13.9. The normalized spacial score (nSPS) is 11.6. The molecule has 1 aromatic carbocycles. The van der Waals surface area contributed by atoms with Crippen molar-refractivity contribution < 1.29 is 4.79 Å². The number of rotatable bonds is 6. The van der Waals surface area contributed by atoms with Crippen molar-refractivity contribution in [1.82, 2.24) is 10.3 Å². The Bertz CT molecular complexity index is 575. The predicted molar refractivity (Wildman–Crippen MR) is 78.1 cm³/mol. The topological polar surface area (TPSA) is 65.8 Å². The molecule has 20 heavy (non-hydrogen) atoms. The summed E-state index contributed by atoms with van der Waals surface area (Å²) in [6.45, 7) is 0.509. The van der Waals surface area contributed by atoms with Crippen molar-refractivity contribution in [3.8, 4) is 6.07 Å². The summed E-state index contributed by atoms with van der Waals surface area (Å²) in [4.78, 5) is 16.1. The van der Waals surface area contributed by atoms with Gasteiger partial charge < -0.3 is 5.32 Å². The number of carbonyl (C=O) groups excluding carboxylic acids is 1. The average molecular weight is 285 g/mol. The quantitative estimate of drug-likeness (QED) is 0.884. The summed E-state index contributed by atoms with van der Waals surface area (Å²) in [5.41, 5.74) is 3.73. The first-order valence-corrected chi connectivity index (χ1v) is 7.32. The van der Waals surface area contributed by atoms with Crippen LogP contribution in [0, 0.1) is 17.2 Å². The average Bonchev–Trinajstić information content (AvgIpc) is 2.99. The van der Waals surface area contributed by atoms with Crippen LogP contribution < -0.4 is 5.32 Å². The van der Waals surface area contributed by atoms with Gasteiger partial charge in [-0.05, 0) is 12.0 Å². The minimum absolute atomic E-state index is 0.216. The van der Waals surface area contributed by atoms with E-state index in [0.29, 0.717) is 19.4 Å². The van der Waals surface area contributed by atoms with Crippen LogP contribution in [-0.2, 0) is 17.6 Å². The highest BCUT2D eigenvalue weighted by atomic mass is 32.1. The molecule has 4 nitrogen and oxygen atoms in total. The van der Waals surface area contributed by atoms with Gasteiger partial charge in [0.05, 0.1) is 17.3 Å². The van der Waals surface area contributed by atoms with Gasteiger partial charge in [-0.25, -0.2) is 4.98 Å². The Balaban J connectivity index is 1.82. The third kappa shape index (κ3) is 4.18. The molecule has 1 aromatic heterocycles. The van der Waals surface area contributed by atoms with Gasteiger partial charge in [-0.1, -0.05) is 30.3 Å². The van der Waals surface area contributed by atoms with Crippen LogP contribution in [0.4, 0.5) is 0 Å². The molecular formula is C15H15N3OS. The zero-order chi connectivity index (χ0) is 14.2. The number of hydrogen-bond donors (Lipinski definition) is 1. The molecule has 0 aliphatic heterocycles. The molecule has 2 aromatic rings. The summed E-state index contributed by atoms with van der Waals surface area (Å²) in [6, 6.07) is 11.6. The lowest BCUT2D eigenvalue weighted by atomic mass is 10.00. The second kappa shape index (κ2) is 7.41. The van der Waals surface area contributed by atoms with Crippen LogP contribution in [0.5, 0.6) is 0 Å². The van der Waals surface area contributed by atoms with Crippen molar-refractivity contribution in [3.05, 3.63) is 52.5 Å². The Kier molecular flexibility index (Phi) is 5.27. The van der Waals surface area contributed by atoms with E-state index >= 15 is 0 Å². The predicted octanol–water partition coefficient (Wildman–Crippen LogP) is 2.18. The Morgan fingerprint density at radius 2 is 2.20 bits per heavy atom. The number of hydrogen-bond acceptors (Lipinski definition) is 4. The maximum Gasteiger partial charge on any atom is 0.237 e. The van der Waals surface area contributed by atoms with Crippen molar-refractivity contribution in [2.24, 2.45) is 5.92 Å². The molecule has 5 heteroatoms. The van der Waals surface area contributed by atoms with Gasteiger partial charge in [0.1, 0.15) is 5.92 Å². The minimum atomic E-state index is -0.646. The third-order valence-corrected chi connectivity index (χ3v) is 3.55. The molecule has 1 heterocycles. The largest absolute Gasteiger partial charge is 0.355 e. The van der Waals surface area contributed by atoms with Gasteiger partial charge in [0.25, 0.3) is 0 Å². The van der Waals surface area contributed by atoms with E-state index < -0.39 is 5.92 Å². The van der Waals surface area contributed by atoms with Gasteiger partial charge in [-0.15, -0.1) is 11.3 Å². The Labute approximate surface area is 122 Å². The fourth-order valence-electron chi connectivity index (χ4n) is 1.84. The molecule has 0 bridgehead atoms. The maximum atomic E-state index is 12.0. The molecule has 0 saturated heterocycles. The van der Waals surface area contributed by atoms with E-state index in [1.807, 2.05) is 35.7 Å². The van der Waals surface area contributed by atoms with E-state index in [1.165, 1.54) is 11.3 Å². The van der Waals surface area contributed by atoms with Crippen molar-refractivity contribution in [1.29, 1.82) is 5.26 Å². The SMILES string of the molecule is N#CC(Cc1ccccc1)C(=O)NCCc1cscn1. The lowest BCUT2D eigenvalue weighted by molar-refractivity contribution is -0.123. The Hall–Kier alpha value is -2.19. The van der Waals surface area contributed by atoms with E-state index in [1.54, 1.807) is 5.51 Å². The van der Waals surface area contributed by atoms with Crippen LogP contribution in [0.25, 0.3) is 0 Å². The number of thiazole rings is 1. The summed E-state index contributed by atoms with van der Waals surface area (Å²) < 4.78 is 0. The molecule has 0 fully saturated rings. The molecule has 1 N–H and O–H groups in total. The molecule has 0 saturated carbocycles. The first-order valence-electron chi connectivity index (χ1n) is 6.38. The number of benzene rings is 1. The van der Waals surface area contributed by atoms with E-state index in [4.69, 9.17) is 5.26 Å². The number of aromatic nitrogens is 1. The third-order valence-electron chi connectivity index (χ3n) is 2.92. The van der Waals surface area contributed by atoms with E-state index in [0.717, 1.165) is 11.3 Å². The van der Waals surface area contributed by atoms with Gasteiger partial charge in [-0.3, -0.25) is 4.79 Å². The fraction of sp³-hybridized carbons (Fsp3) is 0.267. The highest BCUT2D eigenvalue weighted by molar-refractivity contribution is 7.07. The standard InChI is InChI=1S/C15H15N3OS/c16-9-13(8-12-4-2-1-3-5-12)15(19)17-7-6-14-10-20-11-18-14/h1-5,10-11,13H,6-8H2,(H,17,19). The highest BCUT2D eigenvalue weighted by Gasteiger charge is 2.17. The minimum Gasteiger partial charge on any atom is -0.355 e. The first-order chi connectivity index (χ1) is 9.79. The van der Waals surface area contributed by atoms with Crippen molar-refractivity contribution in [2.45, 2.75) is 12.8 Å². The lowest BCUT2D eigenvalue weighted by Crippen LogP contribution is -2.32. The smallest absolute Gasteiger partial charge is 0.237 e. The van der Waals surface area contributed by atoms with E-state index in [9.17, 15) is 4.79 Å². The van der Waals surface area contributed by atoms with Crippen LogP contribution in [0.1, 0.15) is 11.3 Å². The summed E-state index contributed by atoms with van der Waals surface area (Å²) in [5.74, 6) is -0.862. The highest BCUT2D eigenvalue weighted by Crippen LogP contribution is 2.08. The fourth-order valence-corrected chi connectivity index (χ4v) is 2.44. The molecule has 0 aliphatic carbocycles. The summed E-state index contributed by atoms with van der Waals surface area (Å²) in [6.07, 6.45) is 1.14. The monoisotopic (exact) mass is 285 g/mol. The molecule has 1 amide bonds. The van der Waals surface area contributed by atoms with Crippen molar-refractivity contribution in [3.63, 3.8) is 0 Å². The Morgan fingerprint density at radius 1 is 1.40 bits per heavy atom. The number of nitrogens with zero attached hydrogens (tertiary/aromatic N) is 2. The van der Waals surface area contributed by atoms with Crippen LogP contribution in [0.2, 0.25) is 0 Å². The van der Waals surface area contributed by atoms with Crippen LogP contribution >= 0.6 is 11.3 Å². The molecule has 0 radical (unpaired) electrons. The number of nitriles is 1. The summed E-state index contributed by atoms with van der Waals surface area (Å²) in [7, 11) is 0. The zero-order valence-corrected chi connectivity index (χ0v) is 11.8. The van der Waals surface area contributed by atoms with Crippen molar-refractivity contribution >= 4 is 17.2 Å². The Morgan fingerprint density at radius 3 is 2.85 bits per heavy atom.